The van der Waals surface area contributed by atoms with Gasteiger partial charge in [0.2, 0.25) is 5.95 Å². The zero-order chi connectivity index (χ0) is 18.2. The van der Waals surface area contributed by atoms with E-state index in [1.54, 1.807) is 6.20 Å². The molecule has 1 aliphatic carbocycles. The Morgan fingerprint density at radius 1 is 1.50 bits per heavy atom. The molecule has 0 fully saturated rings. The number of carbonyl (C=O) groups is 1. The Balaban J connectivity index is 0.00000243. The summed E-state index contributed by atoms with van der Waals surface area (Å²) in [5.74, 6) is -0.0317. The fraction of sp³-hybridized carbons (Fsp3) is 0.588. The quantitative estimate of drug-likeness (QED) is 0.642. The van der Waals surface area contributed by atoms with Crippen LogP contribution in [-0.4, -0.2) is 46.7 Å². The van der Waals surface area contributed by atoms with Crippen LogP contribution in [0.4, 0.5) is 5.95 Å². The second-order valence-corrected chi connectivity index (χ2v) is 7.05. The minimum Gasteiger partial charge on any atom is -0.465 e. The van der Waals surface area contributed by atoms with Crippen LogP contribution >= 0.6 is 12.4 Å². The third-order valence-corrected chi connectivity index (χ3v) is 4.70. The lowest BCUT2D eigenvalue weighted by Gasteiger charge is -2.34. The van der Waals surface area contributed by atoms with E-state index in [-0.39, 0.29) is 29.7 Å². The summed E-state index contributed by atoms with van der Waals surface area (Å²) < 4.78 is 5.35. The van der Waals surface area contributed by atoms with Crippen LogP contribution < -0.4 is 16.9 Å². The summed E-state index contributed by atoms with van der Waals surface area (Å²) in [5.41, 5.74) is 18.2. The predicted molar refractivity (Wildman–Crippen MR) is 102 cm³/mol. The summed E-state index contributed by atoms with van der Waals surface area (Å²) in [7, 11) is 0. The second kappa shape index (κ2) is 7.77. The maximum Gasteiger partial charge on any atom is 0.329 e. The molecule has 1 atom stereocenters. The number of nitrogens with two attached hydrogens (primary N) is 2. The topological polar surface area (TPSA) is 119 Å². The molecule has 9 heteroatoms. The predicted octanol–water partition coefficient (Wildman–Crippen LogP) is 0.875. The minimum absolute atomic E-state index is 0. The lowest BCUT2D eigenvalue weighted by molar-refractivity contribution is -0.148. The molecule has 0 amide bonds. The van der Waals surface area contributed by atoms with Gasteiger partial charge in [0.15, 0.2) is 6.04 Å². The molecule has 0 aromatic carbocycles. The average molecular weight is 383 g/mol. The van der Waals surface area contributed by atoms with Gasteiger partial charge in [-0.15, -0.1) is 12.4 Å². The maximum absolute atomic E-state index is 12.7. The number of nitrogens with zero attached hydrogens (tertiary/aromatic N) is 3. The van der Waals surface area contributed by atoms with Gasteiger partial charge in [-0.2, -0.15) is 0 Å². The Hall–Kier alpha value is -1.90. The van der Waals surface area contributed by atoms with Crippen molar-refractivity contribution in [3.63, 3.8) is 0 Å². The van der Waals surface area contributed by atoms with E-state index in [1.165, 1.54) is 0 Å². The van der Waals surface area contributed by atoms with Crippen LogP contribution in [0.5, 0.6) is 0 Å². The lowest BCUT2D eigenvalue weighted by atomic mass is 9.71. The van der Waals surface area contributed by atoms with E-state index in [0.29, 0.717) is 19.7 Å². The smallest absolute Gasteiger partial charge is 0.329 e. The van der Waals surface area contributed by atoms with Crippen LogP contribution in [0.2, 0.25) is 0 Å². The molecular weight excluding hydrogens is 356 g/mol. The highest BCUT2D eigenvalue weighted by atomic mass is 35.5. The van der Waals surface area contributed by atoms with Gasteiger partial charge in [-0.3, -0.25) is 0 Å². The number of hydrogen-bond acceptors (Lipinski definition) is 8. The second-order valence-electron chi connectivity index (χ2n) is 7.05. The normalized spacial score (nSPS) is 20.7. The lowest BCUT2D eigenvalue weighted by Crippen LogP contribution is -2.47. The van der Waals surface area contributed by atoms with Gasteiger partial charge in [0, 0.05) is 12.7 Å². The highest BCUT2D eigenvalue weighted by Crippen LogP contribution is 2.46. The molecule has 1 aliphatic heterocycles. The number of ether oxygens (including phenoxy) is 1. The number of nitrogens with one attached hydrogen (secondary N) is 1. The van der Waals surface area contributed by atoms with Crippen molar-refractivity contribution in [1.82, 2.24) is 20.4 Å². The number of aromatic nitrogens is 2. The molecule has 1 aromatic heterocycles. The molecule has 2 aliphatic rings. The van der Waals surface area contributed by atoms with E-state index < -0.39 is 6.04 Å². The van der Waals surface area contributed by atoms with Gasteiger partial charge in [0.1, 0.15) is 0 Å². The summed E-state index contributed by atoms with van der Waals surface area (Å²) in [5, 5.41) is 1.91. The fourth-order valence-corrected chi connectivity index (χ4v) is 3.70. The summed E-state index contributed by atoms with van der Waals surface area (Å²) in [6.07, 6.45) is 3.28. The van der Waals surface area contributed by atoms with E-state index in [9.17, 15) is 4.79 Å². The van der Waals surface area contributed by atoms with Crippen LogP contribution in [0.1, 0.15) is 38.4 Å². The molecule has 144 valence electrons. The van der Waals surface area contributed by atoms with Crippen molar-refractivity contribution < 1.29 is 9.53 Å². The number of esters is 1. The molecule has 5 N–H and O–H groups in total. The van der Waals surface area contributed by atoms with E-state index in [4.69, 9.17) is 16.2 Å². The van der Waals surface area contributed by atoms with Crippen LogP contribution in [0.15, 0.2) is 11.8 Å². The number of rotatable bonds is 5. The van der Waals surface area contributed by atoms with E-state index in [1.807, 2.05) is 11.9 Å². The highest BCUT2D eigenvalue weighted by molar-refractivity contribution is 5.87. The van der Waals surface area contributed by atoms with Gasteiger partial charge in [-0.05, 0) is 42.9 Å². The number of anilines is 1. The number of fused-ring (bicyclic) bond motifs is 2. The monoisotopic (exact) mass is 382 g/mol. The van der Waals surface area contributed by atoms with Crippen LogP contribution in [0.25, 0.3) is 5.70 Å². The van der Waals surface area contributed by atoms with Crippen molar-refractivity contribution in [1.29, 1.82) is 0 Å². The first-order valence-electron chi connectivity index (χ1n) is 8.65. The Bertz CT molecular complexity index is 721. The molecule has 0 radical (unpaired) electrons. The average Bonchev–Trinajstić information content (AvgIpc) is 2.95. The molecule has 0 saturated carbocycles. The van der Waals surface area contributed by atoms with Crippen molar-refractivity contribution in [2.75, 3.05) is 25.4 Å². The number of nitrogen functional groups attached to an aromatic ring is 1. The Morgan fingerprint density at radius 2 is 2.23 bits per heavy atom. The van der Waals surface area contributed by atoms with Crippen molar-refractivity contribution in [3.05, 3.63) is 23.0 Å². The number of halogens is 1. The Kier molecular flexibility index (Phi) is 6.10. The SMILES string of the molecule is CCOC(=O)C1C2=C(NN1CCCN)c1nc(N)ncc1CC2(C)C.Cl. The number of hydrogen-bond donors (Lipinski definition) is 3. The molecule has 1 unspecified atom stereocenters. The molecule has 2 heterocycles. The summed E-state index contributed by atoms with van der Waals surface area (Å²) in [4.78, 5) is 21.3. The van der Waals surface area contributed by atoms with Crippen molar-refractivity contribution in [2.24, 2.45) is 11.1 Å². The van der Waals surface area contributed by atoms with Gasteiger partial charge < -0.3 is 21.6 Å². The van der Waals surface area contributed by atoms with Gasteiger partial charge in [0.25, 0.3) is 0 Å². The highest BCUT2D eigenvalue weighted by Gasteiger charge is 2.48. The summed E-state index contributed by atoms with van der Waals surface area (Å²) in [6.45, 7) is 7.60. The van der Waals surface area contributed by atoms with E-state index in [2.05, 4.69) is 29.2 Å². The third kappa shape index (κ3) is 3.49. The first-order valence-corrected chi connectivity index (χ1v) is 8.65. The summed E-state index contributed by atoms with van der Waals surface area (Å²) >= 11 is 0. The first kappa shape index (κ1) is 20.4. The molecule has 1 aromatic rings. The van der Waals surface area contributed by atoms with Crippen molar-refractivity contribution >= 4 is 30.0 Å². The first-order chi connectivity index (χ1) is 11.9. The Labute approximate surface area is 159 Å². The molecule has 26 heavy (non-hydrogen) atoms. The maximum atomic E-state index is 12.7. The van der Waals surface area contributed by atoms with E-state index in [0.717, 1.165) is 35.4 Å². The number of carbonyl (C=O) groups excluding carboxylic acids is 1. The molecule has 3 rings (SSSR count). The third-order valence-electron chi connectivity index (χ3n) is 4.70. The summed E-state index contributed by atoms with van der Waals surface area (Å²) in [6, 6.07) is -0.485. The molecule has 0 spiro atoms. The van der Waals surface area contributed by atoms with Crippen LogP contribution in [-0.2, 0) is 16.0 Å². The van der Waals surface area contributed by atoms with Crippen molar-refractivity contribution in [3.8, 4) is 0 Å². The fourth-order valence-electron chi connectivity index (χ4n) is 3.70. The Morgan fingerprint density at radius 3 is 2.88 bits per heavy atom. The minimum atomic E-state index is -0.485. The molecule has 0 saturated heterocycles. The standard InChI is InChI=1S/C17H26N6O2.ClH/c1-4-25-15(24)14-11-13(22-23(14)7-5-6-18)12-10(8-17(11,2)3)9-20-16(19)21-12;/h9,14,22H,4-8,18H2,1-3H3,(H2,19,20,21);1H. The molecule has 0 bridgehead atoms. The zero-order valence-corrected chi connectivity index (χ0v) is 16.2. The van der Waals surface area contributed by atoms with E-state index >= 15 is 0 Å². The molecular formula is C17H27ClN6O2. The van der Waals surface area contributed by atoms with Gasteiger partial charge in [-0.1, -0.05) is 13.8 Å². The number of hydrazine groups is 1. The van der Waals surface area contributed by atoms with Crippen molar-refractivity contribution in [2.45, 2.75) is 39.7 Å². The zero-order valence-electron chi connectivity index (χ0n) is 15.4. The van der Waals surface area contributed by atoms with Gasteiger partial charge >= 0.3 is 5.97 Å². The largest absolute Gasteiger partial charge is 0.465 e. The van der Waals surface area contributed by atoms with Gasteiger partial charge in [-0.25, -0.2) is 19.8 Å². The van der Waals surface area contributed by atoms with Crippen LogP contribution in [0, 0.1) is 5.41 Å². The van der Waals surface area contributed by atoms with Crippen LogP contribution in [0.3, 0.4) is 0 Å². The van der Waals surface area contributed by atoms with Gasteiger partial charge in [0.05, 0.1) is 18.0 Å². The molecule has 8 nitrogen and oxygen atoms in total.